The minimum atomic E-state index is -0.0851. The van der Waals surface area contributed by atoms with Gasteiger partial charge in [0.2, 0.25) is 0 Å². The number of hydrogen-bond donors (Lipinski definition) is 0. The van der Waals surface area contributed by atoms with Crippen molar-refractivity contribution in [1.82, 2.24) is 24.1 Å². The van der Waals surface area contributed by atoms with E-state index in [-0.39, 0.29) is 5.56 Å². The van der Waals surface area contributed by atoms with Gasteiger partial charge in [0.1, 0.15) is 5.65 Å². The van der Waals surface area contributed by atoms with E-state index in [0.29, 0.717) is 28.7 Å². The molecule has 6 nitrogen and oxygen atoms in total. The van der Waals surface area contributed by atoms with Crippen molar-refractivity contribution in [1.29, 1.82) is 0 Å². The van der Waals surface area contributed by atoms with Crippen molar-refractivity contribution in [2.24, 2.45) is 0 Å². The number of rotatable bonds is 6. The smallest absolute Gasteiger partial charge is 0.258 e. The number of benzene rings is 1. The number of halogens is 1. The van der Waals surface area contributed by atoms with Gasteiger partial charge in [-0.1, -0.05) is 35.5 Å². The SMILES string of the molecule is C=CCn1c(SCc2cc(=O)n3c(C)cccc3n2)nnc1-c1ccc(Cl)cc1. The van der Waals surface area contributed by atoms with Gasteiger partial charge in [0.15, 0.2) is 11.0 Å². The fraction of sp³-hybridized carbons (Fsp3) is 0.143. The fourth-order valence-electron chi connectivity index (χ4n) is 3.08. The van der Waals surface area contributed by atoms with E-state index in [0.717, 1.165) is 22.2 Å². The van der Waals surface area contributed by atoms with Crippen LogP contribution in [0.15, 0.2) is 71.1 Å². The van der Waals surface area contributed by atoms with E-state index in [1.807, 2.05) is 54.0 Å². The molecule has 4 rings (SSSR count). The molecular weight excluding hydrogens is 406 g/mol. The Balaban J connectivity index is 1.63. The van der Waals surface area contributed by atoms with Crippen LogP contribution in [-0.4, -0.2) is 24.1 Å². The summed E-state index contributed by atoms with van der Waals surface area (Å²) in [5.74, 6) is 1.25. The van der Waals surface area contributed by atoms with Crippen molar-refractivity contribution in [2.45, 2.75) is 24.4 Å². The van der Waals surface area contributed by atoms with Crippen LogP contribution in [0.3, 0.4) is 0 Å². The lowest BCUT2D eigenvalue weighted by molar-refractivity contribution is 0.731. The standard InChI is InChI=1S/C21H18ClN5OS/c1-3-11-26-20(15-7-9-16(22)10-8-15)24-25-21(26)29-13-17-12-19(28)27-14(2)5-4-6-18(27)23-17/h3-10,12H,1,11,13H2,2H3. The Labute approximate surface area is 176 Å². The summed E-state index contributed by atoms with van der Waals surface area (Å²) in [5.41, 5.74) is 3.04. The van der Waals surface area contributed by atoms with Crippen LogP contribution in [0.2, 0.25) is 5.02 Å². The molecule has 0 aliphatic heterocycles. The van der Waals surface area contributed by atoms with Crippen LogP contribution in [0.4, 0.5) is 0 Å². The van der Waals surface area contributed by atoms with Gasteiger partial charge in [-0.3, -0.25) is 13.8 Å². The van der Waals surface area contributed by atoms with Crippen LogP contribution in [0, 0.1) is 6.92 Å². The number of pyridine rings is 1. The Bertz CT molecular complexity index is 1250. The Kier molecular flexibility index (Phi) is 5.51. The van der Waals surface area contributed by atoms with Gasteiger partial charge < -0.3 is 0 Å². The fourth-order valence-corrected chi connectivity index (χ4v) is 4.04. The highest BCUT2D eigenvalue weighted by molar-refractivity contribution is 7.98. The van der Waals surface area contributed by atoms with Crippen LogP contribution in [0.25, 0.3) is 17.0 Å². The third-order valence-corrected chi connectivity index (χ3v) is 5.67. The maximum atomic E-state index is 12.5. The maximum Gasteiger partial charge on any atom is 0.258 e. The largest absolute Gasteiger partial charge is 0.298 e. The molecule has 4 aromatic rings. The Morgan fingerprint density at radius 1 is 1.17 bits per heavy atom. The molecule has 29 heavy (non-hydrogen) atoms. The summed E-state index contributed by atoms with van der Waals surface area (Å²) in [6.07, 6.45) is 1.80. The first-order valence-corrected chi connectivity index (χ1v) is 10.3. The number of thioether (sulfide) groups is 1. The second-order valence-corrected chi connectivity index (χ2v) is 7.83. The van der Waals surface area contributed by atoms with Gasteiger partial charge in [-0.25, -0.2) is 4.98 Å². The summed E-state index contributed by atoms with van der Waals surface area (Å²) in [6.45, 7) is 6.29. The van der Waals surface area contributed by atoms with Gasteiger partial charge in [0, 0.05) is 34.6 Å². The molecule has 3 aromatic heterocycles. The number of fused-ring (bicyclic) bond motifs is 1. The molecule has 0 atom stereocenters. The van der Waals surface area contributed by atoms with E-state index in [2.05, 4.69) is 21.8 Å². The van der Waals surface area contributed by atoms with E-state index in [9.17, 15) is 4.79 Å². The molecule has 0 saturated heterocycles. The minimum Gasteiger partial charge on any atom is -0.298 e. The Morgan fingerprint density at radius 3 is 2.72 bits per heavy atom. The molecule has 0 unspecified atom stereocenters. The van der Waals surface area contributed by atoms with Crippen molar-refractivity contribution in [3.05, 3.63) is 88.0 Å². The summed E-state index contributed by atoms with van der Waals surface area (Å²) in [5, 5.41) is 10.1. The first-order valence-electron chi connectivity index (χ1n) is 8.98. The molecule has 0 aliphatic rings. The van der Waals surface area contributed by atoms with Crippen LogP contribution in [0.5, 0.6) is 0 Å². The predicted octanol–water partition coefficient (Wildman–Crippen LogP) is 4.39. The molecule has 0 amide bonds. The number of hydrogen-bond acceptors (Lipinski definition) is 5. The molecule has 0 fully saturated rings. The lowest BCUT2D eigenvalue weighted by atomic mass is 10.2. The van der Waals surface area contributed by atoms with Crippen molar-refractivity contribution < 1.29 is 0 Å². The van der Waals surface area contributed by atoms with Gasteiger partial charge in [-0.05, 0) is 43.3 Å². The molecule has 3 heterocycles. The summed E-state index contributed by atoms with van der Waals surface area (Å²) >= 11 is 7.47. The molecule has 0 aliphatic carbocycles. The summed E-state index contributed by atoms with van der Waals surface area (Å²) in [6, 6.07) is 14.7. The highest BCUT2D eigenvalue weighted by Gasteiger charge is 2.14. The number of allylic oxidation sites excluding steroid dienone is 1. The van der Waals surface area contributed by atoms with E-state index in [1.54, 1.807) is 16.5 Å². The van der Waals surface area contributed by atoms with E-state index in [4.69, 9.17) is 11.6 Å². The summed E-state index contributed by atoms with van der Waals surface area (Å²) < 4.78 is 3.59. The molecule has 146 valence electrons. The molecule has 0 spiro atoms. The molecular formula is C21H18ClN5OS. The molecule has 0 radical (unpaired) electrons. The van der Waals surface area contributed by atoms with E-state index < -0.39 is 0 Å². The van der Waals surface area contributed by atoms with Crippen LogP contribution >= 0.6 is 23.4 Å². The second kappa shape index (κ2) is 8.23. The average molecular weight is 424 g/mol. The number of aromatic nitrogens is 5. The predicted molar refractivity (Wildman–Crippen MR) is 116 cm³/mol. The zero-order valence-corrected chi connectivity index (χ0v) is 17.3. The third kappa shape index (κ3) is 3.97. The zero-order chi connectivity index (χ0) is 20.4. The first kappa shape index (κ1) is 19.4. The maximum absolute atomic E-state index is 12.5. The van der Waals surface area contributed by atoms with Gasteiger partial charge in [0.05, 0.1) is 5.69 Å². The van der Waals surface area contributed by atoms with Crippen molar-refractivity contribution >= 4 is 29.0 Å². The molecule has 0 saturated carbocycles. The highest BCUT2D eigenvalue weighted by Crippen LogP contribution is 2.27. The Morgan fingerprint density at radius 2 is 1.97 bits per heavy atom. The minimum absolute atomic E-state index is 0.0851. The molecule has 8 heteroatoms. The Hall–Kier alpha value is -2.90. The number of aryl methyl sites for hydroxylation is 1. The van der Waals surface area contributed by atoms with Crippen LogP contribution in [0.1, 0.15) is 11.4 Å². The topological polar surface area (TPSA) is 65.1 Å². The second-order valence-electron chi connectivity index (χ2n) is 6.45. The van der Waals surface area contributed by atoms with Crippen molar-refractivity contribution in [3.8, 4) is 11.4 Å². The highest BCUT2D eigenvalue weighted by atomic mass is 35.5. The summed E-state index contributed by atoms with van der Waals surface area (Å²) in [7, 11) is 0. The average Bonchev–Trinajstić information content (AvgIpc) is 3.10. The molecule has 0 N–H and O–H groups in total. The first-order chi connectivity index (χ1) is 14.1. The van der Waals surface area contributed by atoms with Crippen LogP contribution in [-0.2, 0) is 12.3 Å². The van der Waals surface area contributed by atoms with Crippen molar-refractivity contribution in [3.63, 3.8) is 0 Å². The molecule has 0 bridgehead atoms. The van der Waals surface area contributed by atoms with E-state index in [1.165, 1.54) is 11.8 Å². The quantitative estimate of drug-likeness (QED) is 0.340. The van der Waals surface area contributed by atoms with Gasteiger partial charge in [-0.2, -0.15) is 0 Å². The van der Waals surface area contributed by atoms with Gasteiger partial charge in [0.25, 0.3) is 5.56 Å². The number of nitrogens with zero attached hydrogens (tertiary/aromatic N) is 5. The van der Waals surface area contributed by atoms with Crippen molar-refractivity contribution in [2.75, 3.05) is 0 Å². The normalized spacial score (nSPS) is 11.1. The van der Waals surface area contributed by atoms with Crippen LogP contribution < -0.4 is 5.56 Å². The third-order valence-electron chi connectivity index (χ3n) is 4.41. The monoisotopic (exact) mass is 423 g/mol. The van der Waals surface area contributed by atoms with Gasteiger partial charge in [-0.15, -0.1) is 16.8 Å². The lowest BCUT2D eigenvalue weighted by Crippen LogP contribution is -2.17. The zero-order valence-electron chi connectivity index (χ0n) is 15.7. The molecule has 1 aromatic carbocycles. The summed E-state index contributed by atoms with van der Waals surface area (Å²) in [4.78, 5) is 17.1. The van der Waals surface area contributed by atoms with Gasteiger partial charge >= 0.3 is 0 Å². The lowest BCUT2D eigenvalue weighted by Gasteiger charge is -2.09. The van der Waals surface area contributed by atoms with E-state index >= 15 is 0 Å².